The second kappa shape index (κ2) is 7.38. The molecule has 0 heterocycles. The van der Waals surface area contributed by atoms with Crippen LogP contribution in [0.3, 0.4) is 0 Å². The lowest BCUT2D eigenvalue weighted by molar-refractivity contribution is 0.0746. The maximum atomic E-state index is 5.93. The van der Waals surface area contributed by atoms with Crippen molar-refractivity contribution in [1.29, 1.82) is 0 Å². The summed E-state index contributed by atoms with van der Waals surface area (Å²) in [4.78, 5) is 0. The summed E-state index contributed by atoms with van der Waals surface area (Å²) in [5.74, 6) is 0.561. The summed E-state index contributed by atoms with van der Waals surface area (Å²) in [6.45, 7) is 9.35. The highest BCUT2D eigenvalue weighted by atomic mass is 28.4. The first-order chi connectivity index (χ1) is 7.06. The third kappa shape index (κ3) is 4.22. The van der Waals surface area contributed by atoms with Gasteiger partial charge in [-0.3, -0.25) is 0 Å². The Morgan fingerprint density at radius 2 is 1.53 bits per heavy atom. The van der Waals surface area contributed by atoms with E-state index < -0.39 is 8.80 Å². The molecule has 0 fully saturated rings. The zero-order valence-corrected chi connectivity index (χ0v) is 12.0. The highest BCUT2D eigenvalue weighted by molar-refractivity contribution is 6.62. The first-order valence-electron chi connectivity index (χ1n) is 5.80. The van der Waals surface area contributed by atoms with Crippen LogP contribution in [0.5, 0.6) is 0 Å². The summed E-state index contributed by atoms with van der Waals surface area (Å²) in [6.07, 6.45) is 2.15. The van der Waals surface area contributed by atoms with Crippen molar-refractivity contribution in [3.05, 3.63) is 0 Å². The predicted molar refractivity (Wildman–Crippen MR) is 64.9 cm³/mol. The van der Waals surface area contributed by atoms with E-state index in [2.05, 4.69) is 27.7 Å². The molecule has 0 saturated carbocycles. The van der Waals surface area contributed by atoms with Crippen LogP contribution in [0.4, 0.5) is 0 Å². The number of hydrogen-bond donors (Lipinski definition) is 0. The lowest BCUT2D eigenvalue weighted by Gasteiger charge is -2.32. The van der Waals surface area contributed by atoms with Gasteiger partial charge in [0.2, 0.25) is 0 Å². The Morgan fingerprint density at radius 3 is 1.87 bits per heavy atom. The Kier molecular flexibility index (Phi) is 7.43. The van der Waals surface area contributed by atoms with Gasteiger partial charge in [-0.25, -0.2) is 0 Å². The summed E-state index contributed by atoms with van der Waals surface area (Å²) in [5, 5.41) is 0. The molecule has 0 amide bonds. The van der Waals surface area contributed by atoms with Crippen LogP contribution in [-0.2, 0) is 13.3 Å². The van der Waals surface area contributed by atoms with Crippen molar-refractivity contribution in [2.24, 2.45) is 5.92 Å². The lowest BCUT2D eigenvalue weighted by atomic mass is 10.1. The standard InChI is InChI=1S/C11H26O3Si/c1-7-10(3)9-14-15(12-5,13-6)11(4)8-2/h10-11H,7-9H2,1-6H3. The van der Waals surface area contributed by atoms with Crippen molar-refractivity contribution in [2.75, 3.05) is 20.8 Å². The highest BCUT2D eigenvalue weighted by Gasteiger charge is 2.44. The van der Waals surface area contributed by atoms with Crippen molar-refractivity contribution in [2.45, 2.75) is 46.1 Å². The molecule has 0 N–H and O–H groups in total. The van der Waals surface area contributed by atoms with Crippen molar-refractivity contribution >= 4 is 8.80 Å². The minimum absolute atomic E-state index is 0.358. The summed E-state index contributed by atoms with van der Waals surface area (Å²) < 4.78 is 17.0. The van der Waals surface area contributed by atoms with Crippen molar-refractivity contribution in [3.63, 3.8) is 0 Å². The molecule has 3 nitrogen and oxygen atoms in total. The average molecular weight is 234 g/mol. The normalized spacial score (nSPS) is 16.4. The van der Waals surface area contributed by atoms with Crippen molar-refractivity contribution < 1.29 is 13.3 Å². The van der Waals surface area contributed by atoms with Crippen LogP contribution < -0.4 is 0 Å². The minimum Gasteiger partial charge on any atom is -0.377 e. The molecule has 0 radical (unpaired) electrons. The molecule has 4 heteroatoms. The van der Waals surface area contributed by atoms with Crippen molar-refractivity contribution in [3.8, 4) is 0 Å². The molecule has 0 rings (SSSR count). The van der Waals surface area contributed by atoms with Crippen LogP contribution in [0.2, 0.25) is 5.54 Å². The highest BCUT2D eigenvalue weighted by Crippen LogP contribution is 2.27. The van der Waals surface area contributed by atoms with E-state index in [1.54, 1.807) is 14.2 Å². The van der Waals surface area contributed by atoms with Gasteiger partial charge in [-0.15, -0.1) is 0 Å². The van der Waals surface area contributed by atoms with Gasteiger partial charge in [-0.05, 0) is 12.3 Å². The van der Waals surface area contributed by atoms with Crippen LogP contribution in [0, 0.1) is 5.92 Å². The molecule has 2 unspecified atom stereocenters. The number of hydrogen-bond acceptors (Lipinski definition) is 3. The molecule has 0 aromatic heterocycles. The summed E-state index contributed by atoms with van der Waals surface area (Å²) in [5.41, 5.74) is 0.358. The Morgan fingerprint density at radius 1 is 1.00 bits per heavy atom. The summed E-state index contributed by atoms with van der Waals surface area (Å²) >= 11 is 0. The van der Waals surface area contributed by atoms with Gasteiger partial charge in [0.1, 0.15) is 0 Å². The van der Waals surface area contributed by atoms with Gasteiger partial charge >= 0.3 is 8.80 Å². The molecule has 0 saturated heterocycles. The van der Waals surface area contributed by atoms with E-state index in [-0.39, 0.29) is 0 Å². The second-order valence-corrected chi connectivity index (χ2v) is 7.44. The molecule has 0 aromatic rings. The third-order valence-electron chi connectivity index (χ3n) is 3.05. The predicted octanol–water partition coefficient (Wildman–Crippen LogP) is 3.08. The molecule has 15 heavy (non-hydrogen) atoms. The van der Waals surface area contributed by atoms with E-state index in [0.717, 1.165) is 19.4 Å². The molecule has 0 aliphatic carbocycles. The quantitative estimate of drug-likeness (QED) is 0.604. The monoisotopic (exact) mass is 234 g/mol. The second-order valence-electron chi connectivity index (χ2n) is 4.15. The molecule has 2 atom stereocenters. The molecule has 0 bridgehead atoms. The smallest absolute Gasteiger partial charge is 0.377 e. The van der Waals surface area contributed by atoms with Crippen molar-refractivity contribution in [1.82, 2.24) is 0 Å². The fourth-order valence-electron chi connectivity index (χ4n) is 1.37. The first kappa shape index (κ1) is 15.1. The Balaban J connectivity index is 4.36. The molecule has 0 aliphatic rings. The van der Waals surface area contributed by atoms with Gasteiger partial charge < -0.3 is 13.3 Å². The Labute approximate surface area is 95.5 Å². The SMILES string of the molecule is CCC(C)CO[Si](OC)(OC)C(C)CC. The van der Waals surface area contributed by atoms with Gasteiger partial charge in [0.25, 0.3) is 0 Å². The molecule has 0 aromatic carbocycles. The summed E-state index contributed by atoms with van der Waals surface area (Å²) in [7, 11) is 0.960. The largest absolute Gasteiger partial charge is 0.503 e. The van der Waals surface area contributed by atoms with E-state index in [1.807, 2.05) is 0 Å². The molecule has 0 aliphatic heterocycles. The Bertz CT molecular complexity index is 160. The van der Waals surface area contributed by atoms with E-state index in [0.29, 0.717) is 11.5 Å². The zero-order valence-electron chi connectivity index (χ0n) is 11.0. The number of rotatable bonds is 8. The minimum atomic E-state index is -2.43. The van der Waals surface area contributed by atoms with E-state index in [1.165, 1.54) is 0 Å². The van der Waals surface area contributed by atoms with E-state index in [4.69, 9.17) is 13.3 Å². The first-order valence-corrected chi connectivity index (χ1v) is 7.60. The third-order valence-corrected chi connectivity index (χ3v) is 6.37. The topological polar surface area (TPSA) is 27.7 Å². The average Bonchev–Trinajstić information content (AvgIpc) is 2.29. The summed E-state index contributed by atoms with van der Waals surface area (Å²) in [6, 6.07) is 0. The van der Waals surface area contributed by atoms with E-state index in [9.17, 15) is 0 Å². The van der Waals surface area contributed by atoms with Gasteiger partial charge in [-0.2, -0.15) is 0 Å². The van der Waals surface area contributed by atoms with Gasteiger partial charge in [0, 0.05) is 26.4 Å². The van der Waals surface area contributed by atoms with Crippen LogP contribution in [0.25, 0.3) is 0 Å². The van der Waals surface area contributed by atoms with Gasteiger partial charge in [-0.1, -0.05) is 34.1 Å². The van der Waals surface area contributed by atoms with Gasteiger partial charge in [0.05, 0.1) is 0 Å². The van der Waals surface area contributed by atoms with Crippen LogP contribution in [0.15, 0.2) is 0 Å². The van der Waals surface area contributed by atoms with Crippen LogP contribution in [0.1, 0.15) is 40.5 Å². The Hall–Kier alpha value is 0.0969. The lowest BCUT2D eigenvalue weighted by Crippen LogP contribution is -2.48. The van der Waals surface area contributed by atoms with Gasteiger partial charge in [0.15, 0.2) is 0 Å². The maximum Gasteiger partial charge on any atom is 0.503 e. The molecule has 92 valence electrons. The fraction of sp³-hybridized carbons (Fsp3) is 1.00. The fourth-order valence-corrected chi connectivity index (χ4v) is 3.88. The van der Waals surface area contributed by atoms with Crippen LogP contribution in [-0.4, -0.2) is 29.6 Å². The zero-order chi connectivity index (χ0) is 11.9. The van der Waals surface area contributed by atoms with E-state index >= 15 is 0 Å². The van der Waals surface area contributed by atoms with Crippen LogP contribution >= 0.6 is 0 Å². The maximum absolute atomic E-state index is 5.93. The molecular formula is C11H26O3Si. The molecular weight excluding hydrogens is 208 g/mol. The molecule has 0 spiro atoms.